The van der Waals surface area contributed by atoms with E-state index in [4.69, 9.17) is 0 Å². The van der Waals surface area contributed by atoms with Crippen molar-refractivity contribution in [2.75, 3.05) is 5.32 Å². The molecule has 3 aromatic rings. The number of nitrogens with one attached hydrogen (secondary N) is 1. The SMILES string of the molecule is Cc1cc(Br)cnc1NC(=O)c1cccc2nccnc12. The normalized spacial score (nSPS) is 10.6. The third-order valence-electron chi connectivity index (χ3n) is 3.02. The van der Waals surface area contributed by atoms with E-state index >= 15 is 0 Å². The number of aryl methyl sites for hydroxylation is 1. The molecule has 2 aromatic heterocycles. The Kier molecular flexibility index (Phi) is 3.62. The smallest absolute Gasteiger partial charge is 0.259 e. The molecule has 0 unspecified atom stereocenters. The van der Waals surface area contributed by atoms with Crippen LogP contribution in [0.15, 0.2) is 47.3 Å². The molecule has 1 N–H and O–H groups in total. The third kappa shape index (κ3) is 2.75. The standard InChI is InChI=1S/C15H11BrN4O/c1-9-7-10(16)8-19-14(9)20-15(21)11-3-2-4-12-13(11)18-6-5-17-12/h2-8H,1H3,(H,19,20,21). The predicted octanol–water partition coefficient (Wildman–Crippen LogP) is 3.35. The minimum atomic E-state index is -0.251. The first-order valence-electron chi connectivity index (χ1n) is 6.28. The molecule has 21 heavy (non-hydrogen) atoms. The Hall–Kier alpha value is -2.34. The summed E-state index contributed by atoms with van der Waals surface area (Å²) in [6, 6.07) is 7.22. The summed E-state index contributed by atoms with van der Waals surface area (Å²) in [6.45, 7) is 1.89. The molecule has 1 aromatic carbocycles. The van der Waals surface area contributed by atoms with Crippen molar-refractivity contribution in [2.24, 2.45) is 0 Å². The van der Waals surface area contributed by atoms with Gasteiger partial charge in [0, 0.05) is 23.1 Å². The van der Waals surface area contributed by atoms with Gasteiger partial charge in [-0.1, -0.05) is 6.07 Å². The number of rotatable bonds is 2. The Morgan fingerprint density at radius 1 is 1.19 bits per heavy atom. The Morgan fingerprint density at radius 2 is 2.00 bits per heavy atom. The quantitative estimate of drug-likeness (QED) is 0.775. The topological polar surface area (TPSA) is 67.8 Å². The van der Waals surface area contributed by atoms with Crippen LogP contribution in [-0.2, 0) is 0 Å². The minimum absolute atomic E-state index is 0.251. The van der Waals surface area contributed by atoms with E-state index in [2.05, 4.69) is 36.2 Å². The second-order valence-corrected chi connectivity index (χ2v) is 5.42. The Labute approximate surface area is 129 Å². The van der Waals surface area contributed by atoms with Gasteiger partial charge in [-0.05, 0) is 46.6 Å². The average molecular weight is 343 g/mol. The van der Waals surface area contributed by atoms with Gasteiger partial charge in [0.1, 0.15) is 11.3 Å². The number of carbonyl (C=O) groups excluding carboxylic acids is 1. The number of carbonyl (C=O) groups is 1. The van der Waals surface area contributed by atoms with Crippen LogP contribution in [0.5, 0.6) is 0 Å². The van der Waals surface area contributed by atoms with E-state index in [1.54, 1.807) is 30.7 Å². The number of halogens is 1. The predicted molar refractivity (Wildman–Crippen MR) is 84.2 cm³/mol. The fourth-order valence-electron chi connectivity index (χ4n) is 2.02. The number of para-hydroxylation sites is 1. The Bertz CT molecular complexity index is 830. The van der Waals surface area contributed by atoms with Crippen LogP contribution in [0.1, 0.15) is 15.9 Å². The molecule has 0 spiro atoms. The van der Waals surface area contributed by atoms with E-state index in [9.17, 15) is 4.79 Å². The van der Waals surface area contributed by atoms with Crippen LogP contribution in [0, 0.1) is 6.92 Å². The summed E-state index contributed by atoms with van der Waals surface area (Å²) in [6.07, 6.45) is 4.82. The highest BCUT2D eigenvalue weighted by Gasteiger charge is 2.13. The van der Waals surface area contributed by atoms with Crippen molar-refractivity contribution < 1.29 is 4.79 Å². The molecule has 3 rings (SSSR count). The zero-order valence-electron chi connectivity index (χ0n) is 11.2. The molecule has 0 bridgehead atoms. The lowest BCUT2D eigenvalue weighted by Gasteiger charge is -2.08. The lowest BCUT2D eigenvalue weighted by Crippen LogP contribution is -2.14. The van der Waals surface area contributed by atoms with Gasteiger partial charge in [0.2, 0.25) is 0 Å². The van der Waals surface area contributed by atoms with Crippen molar-refractivity contribution in [1.82, 2.24) is 15.0 Å². The summed E-state index contributed by atoms with van der Waals surface area (Å²) in [5.74, 6) is 0.281. The number of aromatic nitrogens is 3. The third-order valence-corrected chi connectivity index (χ3v) is 3.45. The van der Waals surface area contributed by atoms with Crippen molar-refractivity contribution in [3.05, 3.63) is 58.5 Å². The first-order chi connectivity index (χ1) is 10.1. The van der Waals surface area contributed by atoms with Crippen LogP contribution in [0.3, 0.4) is 0 Å². The van der Waals surface area contributed by atoms with Crippen molar-refractivity contribution in [2.45, 2.75) is 6.92 Å². The molecule has 0 aliphatic rings. The number of anilines is 1. The summed E-state index contributed by atoms with van der Waals surface area (Å²) in [5.41, 5.74) is 2.62. The van der Waals surface area contributed by atoms with Gasteiger partial charge in [0.25, 0.3) is 5.91 Å². The molecular weight excluding hydrogens is 332 g/mol. The zero-order valence-corrected chi connectivity index (χ0v) is 12.8. The number of fused-ring (bicyclic) bond motifs is 1. The molecule has 5 nitrogen and oxygen atoms in total. The van der Waals surface area contributed by atoms with Crippen LogP contribution in [0.4, 0.5) is 5.82 Å². The van der Waals surface area contributed by atoms with Gasteiger partial charge in [-0.15, -0.1) is 0 Å². The molecule has 6 heteroatoms. The molecule has 0 radical (unpaired) electrons. The molecule has 2 heterocycles. The zero-order chi connectivity index (χ0) is 14.8. The molecule has 0 atom stereocenters. The average Bonchev–Trinajstić information content (AvgIpc) is 2.49. The second-order valence-electron chi connectivity index (χ2n) is 4.50. The number of hydrogen-bond donors (Lipinski definition) is 1. The number of hydrogen-bond acceptors (Lipinski definition) is 4. The summed E-state index contributed by atoms with van der Waals surface area (Å²) < 4.78 is 0.869. The molecule has 104 valence electrons. The highest BCUT2D eigenvalue weighted by atomic mass is 79.9. The fraction of sp³-hybridized carbons (Fsp3) is 0.0667. The first kappa shape index (κ1) is 13.6. The monoisotopic (exact) mass is 342 g/mol. The fourth-order valence-corrected chi connectivity index (χ4v) is 2.47. The maximum atomic E-state index is 12.4. The van der Waals surface area contributed by atoms with Crippen LogP contribution in [0.25, 0.3) is 11.0 Å². The number of amides is 1. The molecule has 1 amide bonds. The highest BCUT2D eigenvalue weighted by molar-refractivity contribution is 9.10. The van der Waals surface area contributed by atoms with Gasteiger partial charge in [-0.2, -0.15) is 0 Å². The maximum Gasteiger partial charge on any atom is 0.259 e. The van der Waals surface area contributed by atoms with Crippen LogP contribution < -0.4 is 5.32 Å². The Balaban J connectivity index is 1.97. The van der Waals surface area contributed by atoms with Crippen molar-refractivity contribution in [1.29, 1.82) is 0 Å². The largest absolute Gasteiger partial charge is 0.306 e. The number of benzene rings is 1. The summed E-state index contributed by atoms with van der Waals surface area (Å²) in [4.78, 5) is 25.1. The number of pyridine rings is 1. The van der Waals surface area contributed by atoms with E-state index in [0.29, 0.717) is 22.4 Å². The van der Waals surface area contributed by atoms with Gasteiger partial charge >= 0.3 is 0 Å². The summed E-state index contributed by atoms with van der Waals surface area (Å²) in [7, 11) is 0. The van der Waals surface area contributed by atoms with E-state index in [-0.39, 0.29) is 5.91 Å². The van der Waals surface area contributed by atoms with Gasteiger partial charge in [-0.25, -0.2) is 4.98 Å². The van der Waals surface area contributed by atoms with E-state index in [0.717, 1.165) is 10.0 Å². The highest BCUT2D eigenvalue weighted by Crippen LogP contribution is 2.19. The van der Waals surface area contributed by atoms with Gasteiger partial charge < -0.3 is 5.32 Å². The Morgan fingerprint density at radius 3 is 2.81 bits per heavy atom. The summed E-state index contributed by atoms with van der Waals surface area (Å²) in [5, 5.41) is 2.81. The molecule has 0 aliphatic carbocycles. The van der Waals surface area contributed by atoms with Gasteiger partial charge in [0.15, 0.2) is 0 Å². The molecular formula is C15H11BrN4O. The molecule has 0 aliphatic heterocycles. The van der Waals surface area contributed by atoms with E-state index < -0.39 is 0 Å². The molecule has 0 fully saturated rings. The van der Waals surface area contributed by atoms with Crippen molar-refractivity contribution in [3.63, 3.8) is 0 Å². The van der Waals surface area contributed by atoms with E-state index in [1.165, 1.54) is 0 Å². The van der Waals surface area contributed by atoms with Crippen LogP contribution in [-0.4, -0.2) is 20.9 Å². The minimum Gasteiger partial charge on any atom is -0.306 e. The summed E-state index contributed by atoms with van der Waals surface area (Å²) >= 11 is 3.35. The van der Waals surface area contributed by atoms with Gasteiger partial charge in [-0.3, -0.25) is 14.8 Å². The van der Waals surface area contributed by atoms with Crippen LogP contribution in [0.2, 0.25) is 0 Å². The van der Waals surface area contributed by atoms with Crippen molar-refractivity contribution >= 4 is 38.7 Å². The van der Waals surface area contributed by atoms with Crippen molar-refractivity contribution in [3.8, 4) is 0 Å². The van der Waals surface area contributed by atoms with Gasteiger partial charge in [0.05, 0.1) is 11.1 Å². The lowest BCUT2D eigenvalue weighted by atomic mass is 10.1. The first-order valence-corrected chi connectivity index (χ1v) is 7.07. The van der Waals surface area contributed by atoms with E-state index in [1.807, 2.05) is 19.1 Å². The number of nitrogens with zero attached hydrogens (tertiary/aromatic N) is 3. The van der Waals surface area contributed by atoms with Crippen LogP contribution >= 0.6 is 15.9 Å². The lowest BCUT2D eigenvalue weighted by molar-refractivity contribution is 0.102. The second kappa shape index (κ2) is 5.57. The molecule has 0 saturated carbocycles. The maximum absolute atomic E-state index is 12.4. The molecule has 0 saturated heterocycles.